The molecule has 0 aliphatic heterocycles. The summed E-state index contributed by atoms with van der Waals surface area (Å²) < 4.78 is 0. The van der Waals surface area contributed by atoms with Crippen LogP contribution in [0, 0.1) is 17.3 Å². The Labute approximate surface area is 98.7 Å². The quantitative estimate of drug-likeness (QED) is 0.736. The van der Waals surface area contributed by atoms with Crippen molar-refractivity contribution in [3.05, 3.63) is 12.2 Å². The fraction of sp³-hybridized carbons (Fsp3) is 0.786. The SMILES string of the molecule is C=C(C)CCC1CC(C)(C)CCC1C(=O)O. The second kappa shape index (κ2) is 5.03. The molecule has 92 valence electrons. The summed E-state index contributed by atoms with van der Waals surface area (Å²) in [5.74, 6) is -0.410. The van der Waals surface area contributed by atoms with Gasteiger partial charge in [0.25, 0.3) is 0 Å². The molecule has 0 aromatic heterocycles. The van der Waals surface area contributed by atoms with E-state index in [-0.39, 0.29) is 5.92 Å². The van der Waals surface area contributed by atoms with Gasteiger partial charge in [0.15, 0.2) is 0 Å². The van der Waals surface area contributed by atoms with E-state index < -0.39 is 5.97 Å². The first-order valence-corrected chi connectivity index (χ1v) is 6.19. The lowest BCUT2D eigenvalue weighted by molar-refractivity contribution is -0.146. The first-order chi connectivity index (χ1) is 7.32. The van der Waals surface area contributed by atoms with Crippen LogP contribution in [0.5, 0.6) is 0 Å². The molecule has 16 heavy (non-hydrogen) atoms. The lowest BCUT2D eigenvalue weighted by atomic mass is 9.66. The molecule has 1 rings (SSSR count). The van der Waals surface area contributed by atoms with Crippen molar-refractivity contribution in [1.29, 1.82) is 0 Å². The van der Waals surface area contributed by atoms with Crippen LogP contribution in [0.4, 0.5) is 0 Å². The number of aliphatic carboxylic acids is 1. The summed E-state index contributed by atoms with van der Waals surface area (Å²) in [6, 6.07) is 0. The molecule has 2 heteroatoms. The predicted octanol–water partition coefficient (Wildman–Crippen LogP) is 3.87. The fourth-order valence-electron chi connectivity index (χ4n) is 2.80. The number of carbonyl (C=O) groups is 1. The molecular weight excluding hydrogens is 200 g/mol. The van der Waals surface area contributed by atoms with E-state index in [4.69, 9.17) is 0 Å². The molecule has 1 aliphatic rings. The van der Waals surface area contributed by atoms with Crippen molar-refractivity contribution in [3.8, 4) is 0 Å². The topological polar surface area (TPSA) is 37.3 Å². The molecule has 1 fully saturated rings. The number of hydrogen-bond donors (Lipinski definition) is 1. The van der Waals surface area contributed by atoms with Crippen LogP contribution in [0.3, 0.4) is 0 Å². The number of carboxylic acids is 1. The van der Waals surface area contributed by atoms with Crippen molar-refractivity contribution in [2.75, 3.05) is 0 Å². The lowest BCUT2D eigenvalue weighted by Gasteiger charge is -2.39. The van der Waals surface area contributed by atoms with Gasteiger partial charge in [0, 0.05) is 0 Å². The van der Waals surface area contributed by atoms with Gasteiger partial charge in [-0.05, 0) is 50.4 Å². The maximum absolute atomic E-state index is 11.2. The molecule has 1 saturated carbocycles. The van der Waals surface area contributed by atoms with Crippen LogP contribution in [0.1, 0.15) is 52.9 Å². The highest BCUT2D eigenvalue weighted by molar-refractivity contribution is 5.70. The van der Waals surface area contributed by atoms with Gasteiger partial charge in [0.1, 0.15) is 0 Å². The number of allylic oxidation sites excluding steroid dienone is 1. The highest BCUT2D eigenvalue weighted by atomic mass is 16.4. The predicted molar refractivity (Wildman–Crippen MR) is 66.3 cm³/mol. The van der Waals surface area contributed by atoms with Crippen LogP contribution >= 0.6 is 0 Å². The van der Waals surface area contributed by atoms with Crippen molar-refractivity contribution in [3.63, 3.8) is 0 Å². The van der Waals surface area contributed by atoms with Gasteiger partial charge >= 0.3 is 5.97 Å². The first kappa shape index (κ1) is 13.3. The molecule has 2 atom stereocenters. The summed E-state index contributed by atoms with van der Waals surface area (Å²) in [5, 5.41) is 9.22. The van der Waals surface area contributed by atoms with Gasteiger partial charge in [0.2, 0.25) is 0 Å². The molecule has 0 aromatic carbocycles. The van der Waals surface area contributed by atoms with Gasteiger partial charge in [-0.2, -0.15) is 0 Å². The third-order valence-electron chi connectivity index (χ3n) is 3.78. The van der Waals surface area contributed by atoms with Crippen LogP contribution < -0.4 is 0 Å². The summed E-state index contributed by atoms with van der Waals surface area (Å²) >= 11 is 0. The zero-order valence-corrected chi connectivity index (χ0v) is 10.8. The van der Waals surface area contributed by atoms with Gasteiger partial charge < -0.3 is 5.11 Å². The van der Waals surface area contributed by atoms with Crippen molar-refractivity contribution >= 4 is 5.97 Å². The maximum atomic E-state index is 11.2. The molecule has 0 radical (unpaired) electrons. The molecule has 0 bridgehead atoms. The maximum Gasteiger partial charge on any atom is 0.306 e. The summed E-state index contributed by atoms with van der Waals surface area (Å²) in [7, 11) is 0. The minimum Gasteiger partial charge on any atom is -0.481 e. The van der Waals surface area contributed by atoms with E-state index in [1.54, 1.807) is 0 Å². The van der Waals surface area contributed by atoms with Crippen molar-refractivity contribution in [2.45, 2.75) is 52.9 Å². The van der Waals surface area contributed by atoms with E-state index in [0.717, 1.165) is 37.7 Å². The molecule has 0 heterocycles. The molecule has 0 spiro atoms. The average Bonchev–Trinajstić information content (AvgIpc) is 2.12. The Balaban J connectivity index is 2.64. The van der Waals surface area contributed by atoms with Gasteiger partial charge in [0.05, 0.1) is 5.92 Å². The first-order valence-electron chi connectivity index (χ1n) is 6.19. The smallest absolute Gasteiger partial charge is 0.306 e. The van der Waals surface area contributed by atoms with E-state index in [0.29, 0.717) is 11.3 Å². The monoisotopic (exact) mass is 224 g/mol. The molecule has 2 nitrogen and oxygen atoms in total. The molecule has 0 aromatic rings. The van der Waals surface area contributed by atoms with Crippen molar-refractivity contribution in [1.82, 2.24) is 0 Å². The largest absolute Gasteiger partial charge is 0.481 e. The Morgan fingerprint density at radius 2 is 2.12 bits per heavy atom. The zero-order valence-electron chi connectivity index (χ0n) is 10.8. The molecule has 0 amide bonds. The van der Waals surface area contributed by atoms with Gasteiger partial charge in [-0.3, -0.25) is 4.79 Å². The second-order valence-electron chi connectivity index (χ2n) is 6.11. The molecule has 2 unspecified atom stereocenters. The Morgan fingerprint density at radius 3 is 2.62 bits per heavy atom. The van der Waals surface area contributed by atoms with E-state index in [1.807, 2.05) is 6.92 Å². The minimum atomic E-state index is -0.609. The number of carboxylic acid groups (broad SMARTS) is 1. The Bertz CT molecular complexity index is 278. The zero-order chi connectivity index (χ0) is 12.3. The lowest BCUT2D eigenvalue weighted by Crippen LogP contribution is -2.34. The van der Waals surface area contributed by atoms with E-state index >= 15 is 0 Å². The van der Waals surface area contributed by atoms with Crippen LogP contribution in [0.2, 0.25) is 0 Å². The Morgan fingerprint density at radius 1 is 1.50 bits per heavy atom. The molecule has 0 saturated heterocycles. The van der Waals surface area contributed by atoms with Crippen LogP contribution in [-0.2, 0) is 4.79 Å². The summed E-state index contributed by atoms with van der Waals surface area (Å²) in [5.41, 5.74) is 1.47. The second-order valence-corrected chi connectivity index (χ2v) is 6.11. The van der Waals surface area contributed by atoms with E-state index in [1.165, 1.54) is 0 Å². The van der Waals surface area contributed by atoms with Crippen molar-refractivity contribution < 1.29 is 9.90 Å². The Hall–Kier alpha value is -0.790. The summed E-state index contributed by atoms with van der Waals surface area (Å²) in [4.78, 5) is 11.2. The summed E-state index contributed by atoms with van der Waals surface area (Å²) in [6.45, 7) is 10.4. The fourth-order valence-corrected chi connectivity index (χ4v) is 2.80. The third-order valence-corrected chi connectivity index (χ3v) is 3.78. The number of hydrogen-bond acceptors (Lipinski definition) is 1. The van der Waals surface area contributed by atoms with Crippen molar-refractivity contribution in [2.24, 2.45) is 17.3 Å². The standard InChI is InChI=1S/C14H24O2/c1-10(2)5-6-11-9-14(3,4)8-7-12(11)13(15)16/h11-12H,1,5-9H2,2-4H3,(H,15,16). The van der Waals surface area contributed by atoms with Gasteiger partial charge in [-0.15, -0.1) is 6.58 Å². The Kier molecular flexibility index (Phi) is 4.17. The number of rotatable bonds is 4. The summed E-state index contributed by atoms with van der Waals surface area (Å²) in [6.07, 6.45) is 4.86. The van der Waals surface area contributed by atoms with Crippen LogP contribution in [0.15, 0.2) is 12.2 Å². The normalized spacial score (nSPS) is 28.7. The van der Waals surface area contributed by atoms with E-state index in [9.17, 15) is 9.90 Å². The highest BCUT2D eigenvalue weighted by Crippen LogP contribution is 2.44. The minimum absolute atomic E-state index is 0.132. The van der Waals surface area contributed by atoms with Gasteiger partial charge in [-0.1, -0.05) is 19.4 Å². The highest BCUT2D eigenvalue weighted by Gasteiger charge is 2.37. The third kappa shape index (κ3) is 3.66. The molecular formula is C14H24O2. The van der Waals surface area contributed by atoms with Crippen LogP contribution in [0.25, 0.3) is 0 Å². The van der Waals surface area contributed by atoms with Gasteiger partial charge in [-0.25, -0.2) is 0 Å². The van der Waals surface area contributed by atoms with Crippen LogP contribution in [-0.4, -0.2) is 11.1 Å². The molecule has 1 N–H and O–H groups in total. The van der Waals surface area contributed by atoms with E-state index in [2.05, 4.69) is 20.4 Å². The molecule has 1 aliphatic carbocycles. The average molecular weight is 224 g/mol.